The van der Waals surface area contributed by atoms with Crippen LogP contribution in [0.4, 0.5) is 0 Å². The van der Waals surface area contributed by atoms with Gasteiger partial charge in [0.25, 0.3) is 5.56 Å². The molecule has 1 unspecified atom stereocenters. The summed E-state index contributed by atoms with van der Waals surface area (Å²) in [6, 6.07) is 3.16. The molecule has 0 amide bonds. The highest BCUT2D eigenvalue weighted by Gasteiger charge is 2.17. The first-order valence-corrected chi connectivity index (χ1v) is 6.11. The number of hydrogen-bond donors (Lipinski definition) is 0. The second-order valence-corrected chi connectivity index (χ2v) is 4.36. The van der Waals surface area contributed by atoms with Crippen molar-refractivity contribution in [3.8, 4) is 0 Å². The van der Waals surface area contributed by atoms with E-state index < -0.39 is 5.97 Å². The quantitative estimate of drug-likeness (QED) is 0.757. The molecule has 1 aliphatic rings. The van der Waals surface area contributed by atoms with Gasteiger partial charge in [-0.2, -0.15) is 0 Å². The molecule has 0 radical (unpaired) electrons. The Balaban J connectivity index is 2.18. The largest absolute Gasteiger partial charge is 0.465 e. The second kappa shape index (κ2) is 5.82. The maximum atomic E-state index is 12.0. The van der Waals surface area contributed by atoms with Crippen molar-refractivity contribution in [1.29, 1.82) is 0 Å². The Labute approximate surface area is 105 Å². The third-order valence-electron chi connectivity index (χ3n) is 3.10. The van der Waals surface area contributed by atoms with Gasteiger partial charge in [-0.15, -0.1) is 0 Å². The van der Waals surface area contributed by atoms with Crippen LogP contribution in [0.25, 0.3) is 0 Å². The van der Waals surface area contributed by atoms with Crippen molar-refractivity contribution in [2.24, 2.45) is 0 Å². The molecule has 0 saturated carbocycles. The fraction of sp³-hybridized carbons (Fsp3) is 0.538. The number of pyridine rings is 1. The van der Waals surface area contributed by atoms with Crippen LogP contribution in [-0.2, 0) is 16.0 Å². The van der Waals surface area contributed by atoms with Gasteiger partial charge < -0.3 is 14.0 Å². The first-order chi connectivity index (χ1) is 8.72. The monoisotopic (exact) mass is 251 g/mol. The average Bonchev–Trinajstić information content (AvgIpc) is 2.41. The third kappa shape index (κ3) is 2.79. The van der Waals surface area contributed by atoms with E-state index in [2.05, 4.69) is 4.74 Å². The molecule has 1 aromatic rings. The van der Waals surface area contributed by atoms with Crippen LogP contribution in [0.15, 0.2) is 23.1 Å². The Bertz CT molecular complexity index is 474. The lowest BCUT2D eigenvalue weighted by Gasteiger charge is -2.23. The molecular formula is C13H17NO4. The summed E-state index contributed by atoms with van der Waals surface area (Å²) < 4.78 is 11.7. The summed E-state index contributed by atoms with van der Waals surface area (Å²) in [5.41, 5.74) is -0.255. The topological polar surface area (TPSA) is 57.5 Å². The maximum absolute atomic E-state index is 12.0. The van der Waals surface area contributed by atoms with Crippen LogP contribution in [0.1, 0.15) is 29.6 Å². The van der Waals surface area contributed by atoms with Crippen LogP contribution >= 0.6 is 0 Å². The zero-order chi connectivity index (χ0) is 13.0. The molecule has 98 valence electrons. The first-order valence-electron chi connectivity index (χ1n) is 6.11. The summed E-state index contributed by atoms with van der Waals surface area (Å²) in [7, 11) is 1.27. The number of ether oxygens (including phenoxy) is 2. The van der Waals surface area contributed by atoms with Crippen molar-refractivity contribution in [1.82, 2.24) is 4.57 Å². The fourth-order valence-corrected chi connectivity index (χ4v) is 2.12. The first kappa shape index (κ1) is 12.8. The molecular weight excluding hydrogens is 234 g/mol. The molecule has 1 aliphatic heterocycles. The van der Waals surface area contributed by atoms with E-state index in [1.54, 1.807) is 12.3 Å². The highest BCUT2D eigenvalue weighted by molar-refractivity contribution is 5.88. The van der Waals surface area contributed by atoms with Gasteiger partial charge in [0, 0.05) is 12.8 Å². The molecule has 1 aromatic heterocycles. The smallest absolute Gasteiger partial charge is 0.343 e. The number of esters is 1. The number of nitrogens with zero attached hydrogens (tertiary/aromatic N) is 1. The molecule has 0 spiro atoms. The van der Waals surface area contributed by atoms with E-state index in [1.165, 1.54) is 17.7 Å². The highest BCUT2D eigenvalue weighted by Crippen LogP contribution is 2.13. The van der Waals surface area contributed by atoms with Gasteiger partial charge in [-0.05, 0) is 31.4 Å². The minimum Gasteiger partial charge on any atom is -0.465 e. The highest BCUT2D eigenvalue weighted by atomic mass is 16.5. The Morgan fingerprint density at radius 2 is 2.39 bits per heavy atom. The Hall–Kier alpha value is -1.62. The van der Waals surface area contributed by atoms with Crippen molar-refractivity contribution in [3.63, 3.8) is 0 Å². The lowest BCUT2D eigenvalue weighted by molar-refractivity contribution is 0.00531. The predicted molar refractivity (Wildman–Crippen MR) is 65.6 cm³/mol. The molecule has 0 N–H and O–H groups in total. The van der Waals surface area contributed by atoms with Crippen LogP contribution in [0.3, 0.4) is 0 Å². The number of carbonyl (C=O) groups excluding carboxylic acids is 1. The van der Waals surface area contributed by atoms with Gasteiger partial charge in [0.1, 0.15) is 5.56 Å². The van der Waals surface area contributed by atoms with Gasteiger partial charge in [0.2, 0.25) is 0 Å². The third-order valence-corrected chi connectivity index (χ3v) is 3.10. The predicted octanol–water partition coefficient (Wildman–Crippen LogP) is 1.20. The molecule has 2 heterocycles. The maximum Gasteiger partial charge on any atom is 0.343 e. The Morgan fingerprint density at radius 3 is 3.06 bits per heavy atom. The van der Waals surface area contributed by atoms with Crippen LogP contribution in [-0.4, -0.2) is 30.4 Å². The number of aromatic nitrogens is 1. The molecule has 0 aromatic carbocycles. The number of rotatable bonds is 3. The van der Waals surface area contributed by atoms with Crippen molar-refractivity contribution >= 4 is 5.97 Å². The van der Waals surface area contributed by atoms with Gasteiger partial charge in [-0.25, -0.2) is 4.79 Å². The molecule has 2 rings (SSSR count). The average molecular weight is 251 g/mol. The molecule has 1 fully saturated rings. The minimum atomic E-state index is -0.598. The van der Waals surface area contributed by atoms with E-state index in [9.17, 15) is 9.59 Å². The SMILES string of the molecule is COC(=O)c1cccn(CC2CCCCO2)c1=O. The lowest BCUT2D eigenvalue weighted by Crippen LogP contribution is -2.32. The molecule has 1 atom stereocenters. The summed E-state index contributed by atoms with van der Waals surface area (Å²) in [5, 5.41) is 0. The normalized spacial score (nSPS) is 19.5. The Kier molecular flexibility index (Phi) is 4.15. The Morgan fingerprint density at radius 1 is 1.56 bits per heavy atom. The van der Waals surface area contributed by atoms with Crippen LogP contribution in [0, 0.1) is 0 Å². The van der Waals surface area contributed by atoms with E-state index >= 15 is 0 Å². The van der Waals surface area contributed by atoms with Crippen molar-refractivity contribution < 1.29 is 14.3 Å². The van der Waals surface area contributed by atoms with Crippen molar-refractivity contribution in [2.75, 3.05) is 13.7 Å². The molecule has 5 nitrogen and oxygen atoms in total. The van der Waals surface area contributed by atoms with Crippen LogP contribution in [0.5, 0.6) is 0 Å². The summed E-state index contributed by atoms with van der Waals surface area (Å²) in [4.78, 5) is 23.5. The fourth-order valence-electron chi connectivity index (χ4n) is 2.12. The van der Waals surface area contributed by atoms with Gasteiger partial charge >= 0.3 is 5.97 Å². The number of methoxy groups -OCH3 is 1. The number of carbonyl (C=O) groups is 1. The molecule has 5 heteroatoms. The summed E-state index contributed by atoms with van der Waals surface area (Å²) in [6.07, 6.45) is 4.88. The van der Waals surface area contributed by atoms with Gasteiger partial charge in [-0.1, -0.05) is 0 Å². The van der Waals surface area contributed by atoms with Gasteiger partial charge in [0.05, 0.1) is 19.8 Å². The second-order valence-electron chi connectivity index (χ2n) is 4.36. The van der Waals surface area contributed by atoms with E-state index in [0.29, 0.717) is 6.54 Å². The lowest BCUT2D eigenvalue weighted by atomic mass is 10.1. The van der Waals surface area contributed by atoms with E-state index in [1.807, 2.05) is 0 Å². The van der Waals surface area contributed by atoms with Crippen molar-refractivity contribution in [3.05, 3.63) is 34.2 Å². The zero-order valence-corrected chi connectivity index (χ0v) is 10.4. The van der Waals surface area contributed by atoms with E-state index in [-0.39, 0.29) is 17.2 Å². The molecule has 0 aliphatic carbocycles. The minimum absolute atomic E-state index is 0.0596. The van der Waals surface area contributed by atoms with Crippen LogP contribution < -0.4 is 5.56 Å². The summed E-state index contributed by atoms with van der Waals surface area (Å²) in [5.74, 6) is -0.598. The van der Waals surface area contributed by atoms with Crippen LogP contribution in [0.2, 0.25) is 0 Å². The van der Waals surface area contributed by atoms with Gasteiger partial charge in [-0.3, -0.25) is 4.79 Å². The molecule has 0 bridgehead atoms. The standard InChI is InChI=1S/C13H17NO4/c1-17-13(16)11-6-4-7-14(12(11)15)9-10-5-2-3-8-18-10/h4,6-7,10H,2-3,5,8-9H2,1H3. The molecule has 18 heavy (non-hydrogen) atoms. The van der Waals surface area contributed by atoms with E-state index in [4.69, 9.17) is 4.74 Å². The molecule has 1 saturated heterocycles. The summed E-state index contributed by atoms with van der Waals surface area (Å²) in [6.45, 7) is 1.24. The number of hydrogen-bond acceptors (Lipinski definition) is 4. The van der Waals surface area contributed by atoms with Gasteiger partial charge in [0.15, 0.2) is 0 Å². The van der Waals surface area contributed by atoms with E-state index in [0.717, 1.165) is 25.9 Å². The van der Waals surface area contributed by atoms with Crippen molar-refractivity contribution in [2.45, 2.75) is 31.9 Å². The zero-order valence-electron chi connectivity index (χ0n) is 10.4. The summed E-state index contributed by atoms with van der Waals surface area (Å²) >= 11 is 0.